The summed E-state index contributed by atoms with van der Waals surface area (Å²) in [6, 6.07) is 6.37. The highest BCUT2D eigenvalue weighted by molar-refractivity contribution is 9.10. The van der Waals surface area contributed by atoms with Crippen LogP contribution in [0, 0.1) is 12.7 Å². The first kappa shape index (κ1) is 14.8. The SMILES string of the molecule is Cc1cc(C(C)NC(=O)c2cc3ccc(Br)c(F)c3[nH]2)on1. The molecule has 0 bridgehead atoms. The van der Waals surface area contributed by atoms with Crippen LogP contribution in [-0.2, 0) is 0 Å². The average molecular weight is 366 g/mol. The number of nitrogens with zero attached hydrogens (tertiary/aromatic N) is 1. The van der Waals surface area contributed by atoms with Crippen LogP contribution in [0.4, 0.5) is 4.39 Å². The Morgan fingerprint density at radius 2 is 2.23 bits per heavy atom. The number of benzene rings is 1. The van der Waals surface area contributed by atoms with Crippen LogP contribution in [0.15, 0.2) is 33.3 Å². The lowest BCUT2D eigenvalue weighted by molar-refractivity contribution is 0.0929. The van der Waals surface area contributed by atoms with E-state index in [1.807, 2.05) is 0 Å². The van der Waals surface area contributed by atoms with E-state index >= 15 is 0 Å². The molecule has 2 N–H and O–H groups in total. The molecule has 1 aromatic carbocycles. The molecule has 3 rings (SSSR count). The summed E-state index contributed by atoms with van der Waals surface area (Å²) in [6.07, 6.45) is 0. The smallest absolute Gasteiger partial charge is 0.268 e. The van der Waals surface area contributed by atoms with Crippen molar-refractivity contribution in [3.8, 4) is 0 Å². The summed E-state index contributed by atoms with van der Waals surface area (Å²) < 4.78 is 19.4. The van der Waals surface area contributed by atoms with Crippen molar-refractivity contribution in [2.24, 2.45) is 0 Å². The monoisotopic (exact) mass is 365 g/mol. The number of aromatic nitrogens is 2. The summed E-state index contributed by atoms with van der Waals surface area (Å²) in [5.74, 6) is -0.195. The van der Waals surface area contributed by atoms with Gasteiger partial charge in [0, 0.05) is 11.5 Å². The lowest BCUT2D eigenvalue weighted by atomic mass is 10.2. The van der Waals surface area contributed by atoms with Crippen LogP contribution in [0.5, 0.6) is 0 Å². The van der Waals surface area contributed by atoms with Crippen molar-refractivity contribution in [3.05, 3.63) is 51.7 Å². The summed E-state index contributed by atoms with van der Waals surface area (Å²) in [5, 5.41) is 7.20. The third-order valence-corrected chi connectivity index (χ3v) is 3.96. The maximum Gasteiger partial charge on any atom is 0.268 e. The molecule has 2 heterocycles. The molecule has 22 heavy (non-hydrogen) atoms. The minimum atomic E-state index is -0.421. The number of hydrogen-bond donors (Lipinski definition) is 2. The first-order valence-electron chi connectivity index (χ1n) is 6.66. The Morgan fingerprint density at radius 3 is 2.91 bits per heavy atom. The number of H-pyrrole nitrogens is 1. The van der Waals surface area contributed by atoms with Gasteiger partial charge >= 0.3 is 0 Å². The Bertz CT molecular complexity index is 856. The van der Waals surface area contributed by atoms with Crippen molar-refractivity contribution in [1.29, 1.82) is 0 Å². The topological polar surface area (TPSA) is 70.9 Å². The van der Waals surface area contributed by atoms with Gasteiger partial charge in [-0.1, -0.05) is 11.2 Å². The van der Waals surface area contributed by atoms with Crippen LogP contribution in [0.1, 0.15) is 34.9 Å². The molecule has 114 valence electrons. The molecular formula is C15H13BrFN3O2. The molecule has 0 aliphatic heterocycles. The minimum absolute atomic E-state index is 0.287. The van der Waals surface area contributed by atoms with E-state index in [-0.39, 0.29) is 17.6 Å². The summed E-state index contributed by atoms with van der Waals surface area (Å²) in [5.41, 5.74) is 1.33. The number of carbonyl (C=O) groups is 1. The van der Waals surface area contributed by atoms with Crippen LogP contribution >= 0.6 is 15.9 Å². The van der Waals surface area contributed by atoms with E-state index in [1.54, 1.807) is 38.1 Å². The molecule has 0 fully saturated rings. The van der Waals surface area contributed by atoms with Crippen molar-refractivity contribution in [3.63, 3.8) is 0 Å². The fraction of sp³-hybridized carbons (Fsp3) is 0.200. The van der Waals surface area contributed by atoms with E-state index in [0.717, 1.165) is 5.69 Å². The molecule has 7 heteroatoms. The highest BCUT2D eigenvalue weighted by atomic mass is 79.9. The molecular weight excluding hydrogens is 353 g/mol. The maximum absolute atomic E-state index is 14.0. The van der Waals surface area contributed by atoms with Gasteiger partial charge in [0.25, 0.3) is 5.91 Å². The molecule has 0 spiro atoms. The van der Waals surface area contributed by atoms with Gasteiger partial charge in [0.05, 0.1) is 21.7 Å². The Kier molecular flexibility index (Phi) is 3.74. The van der Waals surface area contributed by atoms with Crippen LogP contribution < -0.4 is 5.32 Å². The minimum Gasteiger partial charge on any atom is -0.359 e. The van der Waals surface area contributed by atoms with Gasteiger partial charge in [-0.25, -0.2) is 4.39 Å². The van der Waals surface area contributed by atoms with Crippen molar-refractivity contribution in [2.75, 3.05) is 0 Å². The number of halogens is 2. The molecule has 0 saturated heterocycles. The maximum atomic E-state index is 14.0. The van der Waals surface area contributed by atoms with Crippen LogP contribution in [0.25, 0.3) is 10.9 Å². The van der Waals surface area contributed by atoms with Gasteiger partial charge in [-0.05, 0) is 41.9 Å². The predicted molar refractivity (Wildman–Crippen MR) is 83.1 cm³/mol. The van der Waals surface area contributed by atoms with E-state index in [0.29, 0.717) is 21.1 Å². The highest BCUT2D eigenvalue weighted by Crippen LogP contribution is 2.25. The molecule has 3 aromatic rings. The number of hydrogen-bond acceptors (Lipinski definition) is 3. The third-order valence-electron chi connectivity index (χ3n) is 3.35. The number of aromatic amines is 1. The summed E-state index contributed by atoms with van der Waals surface area (Å²) in [7, 11) is 0. The Hall–Kier alpha value is -2.15. The quantitative estimate of drug-likeness (QED) is 0.740. The molecule has 5 nitrogen and oxygen atoms in total. The Balaban J connectivity index is 1.84. The molecule has 1 amide bonds. The number of amides is 1. The standard InChI is InChI=1S/C15H13BrFN3O2/c1-7-5-12(22-20-7)8(2)18-15(21)11-6-9-3-4-10(16)13(17)14(9)19-11/h3-6,8,19H,1-2H3,(H,18,21). The van der Waals surface area contributed by atoms with Gasteiger partial charge in [-0.15, -0.1) is 0 Å². The summed E-state index contributed by atoms with van der Waals surface area (Å²) >= 11 is 3.12. The lowest BCUT2D eigenvalue weighted by Gasteiger charge is -2.09. The second-order valence-corrected chi connectivity index (χ2v) is 5.93. The molecule has 0 saturated carbocycles. The van der Waals surface area contributed by atoms with Crippen molar-refractivity contribution >= 4 is 32.7 Å². The van der Waals surface area contributed by atoms with Crippen LogP contribution in [0.2, 0.25) is 0 Å². The zero-order chi connectivity index (χ0) is 15.9. The fourth-order valence-corrected chi connectivity index (χ4v) is 2.52. The Labute approximate surface area is 134 Å². The van der Waals surface area contributed by atoms with E-state index in [2.05, 4.69) is 31.4 Å². The molecule has 1 atom stereocenters. The number of fused-ring (bicyclic) bond motifs is 1. The normalized spacial score (nSPS) is 12.5. The van der Waals surface area contributed by atoms with Crippen molar-refractivity contribution < 1.29 is 13.7 Å². The Morgan fingerprint density at radius 1 is 1.45 bits per heavy atom. The third kappa shape index (κ3) is 2.64. The number of nitrogens with one attached hydrogen (secondary N) is 2. The van der Waals surface area contributed by atoms with Gasteiger partial charge in [0.2, 0.25) is 0 Å². The zero-order valence-electron chi connectivity index (χ0n) is 11.9. The van der Waals surface area contributed by atoms with E-state index in [1.165, 1.54) is 0 Å². The second kappa shape index (κ2) is 5.57. The van der Waals surface area contributed by atoms with E-state index < -0.39 is 5.82 Å². The fourth-order valence-electron chi connectivity index (χ4n) is 2.19. The average Bonchev–Trinajstić information content (AvgIpc) is 3.09. The van der Waals surface area contributed by atoms with Gasteiger partial charge < -0.3 is 14.8 Å². The van der Waals surface area contributed by atoms with Gasteiger partial charge in [-0.3, -0.25) is 4.79 Å². The molecule has 0 aliphatic rings. The summed E-state index contributed by atoms with van der Waals surface area (Å²) in [4.78, 5) is 15.1. The molecule has 0 radical (unpaired) electrons. The molecule has 0 aliphatic carbocycles. The zero-order valence-corrected chi connectivity index (χ0v) is 13.5. The predicted octanol–water partition coefficient (Wildman–Crippen LogP) is 3.86. The van der Waals surface area contributed by atoms with Crippen molar-refractivity contribution in [2.45, 2.75) is 19.9 Å². The summed E-state index contributed by atoms with van der Waals surface area (Å²) in [6.45, 7) is 3.59. The van der Waals surface area contributed by atoms with Gasteiger partial charge in [0.1, 0.15) is 5.69 Å². The largest absolute Gasteiger partial charge is 0.359 e. The van der Waals surface area contributed by atoms with Crippen LogP contribution in [-0.4, -0.2) is 16.0 Å². The second-order valence-electron chi connectivity index (χ2n) is 5.07. The molecule has 2 aromatic heterocycles. The van der Waals surface area contributed by atoms with E-state index in [4.69, 9.17) is 4.52 Å². The first-order valence-corrected chi connectivity index (χ1v) is 7.46. The van der Waals surface area contributed by atoms with Gasteiger partial charge in [-0.2, -0.15) is 0 Å². The highest BCUT2D eigenvalue weighted by Gasteiger charge is 2.18. The number of rotatable bonds is 3. The first-order chi connectivity index (χ1) is 10.5. The van der Waals surface area contributed by atoms with Gasteiger partial charge in [0.15, 0.2) is 11.6 Å². The number of aryl methyl sites for hydroxylation is 1. The number of carbonyl (C=O) groups excluding carboxylic acids is 1. The molecule has 1 unspecified atom stereocenters. The van der Waals surface area contributed by atoms with Crippen molar-refractivity contribution in [1.82, 2.24) is 15.5 Å². The lowest BCUT2D eigenvalue weighted by Crippen LogP contribution is -2.26. The van der Waals surface area contributed by atoms with Crippen LogP contribution in [0.3, 0.4) is 0 Å². The van der Waals surface area contributed by atoms with E-state index in [9.17, 15) is 9.18 Å².